The van der Waals surface area contributed by atoms with Crippen molar-refractivity contribution >= 4 is 34.1 Å². The van der Waals surface area contributed by atoms with Gasteiger partial charge in [0.2, 0.25) is 0 Å². The Balaban J connectivity index is 0.00000185. The fourth-order valence-electron chi connectivity index (χ4n) is 5.24. The summed E-state index contributed by atoms with van der Waals surface area (Å²) in [5.74, 6) is 0.815. The summed E-state index contributed by atoms with van der Waals surface area (Å²) in [6.45, 7) is 15.4. The molecule has 2 aromatic heterocycles. The Bertz CT molecular complexity index is 1630. The third-order valence-corrected chi connectivity index (χ3v) is 7.39. The minimum atomic E-state index is -0.521. The lowest BCUT2D eigenvalue weighted by Gasteiger charge is -2.22. The maximum atomic E-state index is 14.2. The van der Waals surface area contributed by atoms with E-state index in [1.54, 1.807) is 10.8 Å². The molecule has 4 aromatic rings. The summed E-state index contributed by atoms with van der Waals surface area (Å²) in [6, 6.07) is 14.4. The highest BCUT2D eigenvalue weighted by atomic mass is 16.5. The lowest BCUT2D eigenvalue weighted by atomic mass is 9.92. The zero-order valence-electron chi connectivity index (χ0n) is 28.4. The highest BCUT2D eigenvalue weighted by Crippen LogP contribution is 2.37. The van der Waals surface area contributed by atoms with Crippen LogP contribution < -0.4 is 26.7 Å². The largest absolute Gasteiger partial charge is 0.493 e. The molecule has 0 fully saturated rings. The molecule has 46 heavy (non-hydrogen) atoms. The standard InChI is InChI=1S/C34H43N5O4.C3H8/c1-6-7-15-39-32-26(13-9-14-36-32)29(23-11-8-12-25(18-23)43-17-10-16-40)31(33(39)41)38-34(42)37-30-27(21(2)3)19-24(35)20-28(30)22(4)5;1-3-2/h8-9,11-14,18-22,40H,6-7,10,15-17,35H2,1-5H3,(H2,37,38,42);3H2,1-2H3. The normalized spacial score (nSPS) is 11.0. The number of aromatic nitrogens is 2. The van der Waals surface area contributed by atoms with E-state index in [2.05, 4.69) is 64.1 Å². The molecule has 0 aliphatic rings. The van der Waals surface area contributed by atoms with Crippen LogP contribution >= 0.6 is 0 Å². The molecule has 0 atom stereocenters. The van der Waals surface area contributed by atoms with Gasteiger partial charge in [-0.05, 0) is 71.3 Å². The number of rotatable bonds is 12. The van der Waals surface area contributed by atoms with Gasteiger partial charge in [0, 0.05) is 48.1 Å². The molecule has 9 heteroatoms. The molecule has 0 bridgehead atoms. The van der Waals surface area contributed by atoms with Crippen molar-refractivity contribution in [3.05, 3.63) is 76.2 Å². The van der Waals surface area contributed by atoms with Gasteiger partial charge >= 0.3 is 6.03 Å². The highest BCUT2D eigenvalue weighted by Gasteiger charge is 2.23. The monoisotopic (exact) mass is 629 g/mol. The first-order valence-corrected chi connectivity index (χ1v) is 16.4. The van der Waals surface area contributed by atoms with Crippen molar-refractivity contribution in [2.24, 2.45) is 0 Å². The van der Waals surface area contributed by atoms with Crippen molar-refractivity contribution in [2.45, 2.75) is 92.5 Å². The summed E-state index contributed by atoms with van der Waals surface area (Å²) in [6.07, 6.45) is 5.10. The second kappa shape index (κ2) is 17.4. The zero-order chi connectivity index (χ0) is 33.8. The quantitative estimate of drug-likeness (QED) is 0.0918. The summed E-state index contributed by atoms with van der Waals surface area (Å²) >= 11 is 0. The van der Waals surface area contributed by atoms with Crippen LogP contribution in [0.15, 0.2) is 59.5 Å². The number of aryl methyl sites for hydroxylation is 1. The number of nitrogens with one attached hydrogen (secondary N) is 2. The fraction of sp³-hybridized carbons (Fsp3) is 0.432. The number of carbonyl (C=O) groups is 1. The number of unbranched alkanes of at least 4 members (excludes halogenated alkanes) is 1. The Morgan fingerprint density at radius 1 is 0.957 bits per heavy atom. The van der Waals surface area contributed by atoms with E-state index in [0.717, 1.165) is 29.4 Å². The predicted octanol–water partition coefficient (Wildman–Crippen LogP) is 8.51. The Labute approximate surface area is 273 Å². The number of amides is 2. The van der Waals surface area contributed by atoms with Gasteiger partial charge in [0.15, 0.2) is 0 Å². The van der Waals surface area contributed by atoms with Crippen molar-refractivity contribution in [3.8, 4) is 16.9 Å². The average molecular weight is 630 g/mol. The molecule has 0 saturated heterocycles. The third-order valence-electron chi connectivity index (χ3n) is 7.39. The number of aliphatic hydroxyl groups is 1. The van der Waals surface area contributed by atoms with Gasteiger partial charge in [0.25, 0.3) is 5.56 Å². The number of carbonyl (C=O) groups excluding carboxylic acids is 1. The van der Waals surface area contributed by atoms with Gasteiger partial charge in [-0.1, -0.05) is 73.4 Å². The fourth-order valence-corrected chi connectivity index (χ4v) is 5.24. The average Bonchev–Trinajstić information content (AvgIpc) is 3.02. The van der Waals surface area contributed by atoms with E-state index >= 15 is 0 Å². The minimum absolute atomic E-state index is 0.0280. The maximum absolute atomic E-state index is 14.2. The SMILES string of the molecule is CCC.CCCCn1c(=O)c(NC(=O)Nc2c(C(C)C)cc(N)cc2C(C)C)c(-c2cccc(OCCCO)c2)c2cccnc21. The summed E-state index contributed by atoms with van der Waals surface area (Å²) in [7, 11) is 0. The van der Waals surface area contributed by atoms with Gasteiger partial charge in [0.05, 0.1) is 6.61 Å². The maximum Gasteiger partial charge on any atom is 0.323 e. The molecule has 9 nitrogen and oxygen atoms in total. The van der Waals surface area contributed by atoms with Gasteiger partial charge in [0.1, 0.15) is 17.1 Å². The zero-order valence-corrected chi connectivity index (χ0v) is 28.4. The van der Waals surface area contributed by atoms with Crippen LogP contribution in [0.4, 0.5) is 21.9 Å². The minimum Gasteiger partial charge on any atom is -0.493 e. The van der Waals surface area contributed by atoms with Gasteiger partial charge in [-0.25, -0.2) is 9.78 Å². The summed E-state index contributed by atoms with van der Waals surface area (Å²) < 4.78 is 7.48. The molecule has 0 spiro atoms. The topological polar surface area (TPSA) is 132 Å². The van der Waals surface area contributed by atoms with Crippen LogP contribution in [0.1, 0.15) is 97.1 Å². The summed E-state index contributed by atoms with van der Waals surface area (Å²) in [5, 5.41) is 15.9. The van der Waals surface area contributed by atoms with E-state index in [1.165, 1.54) is 6.42 Å². The van der Waals surface area contributed by atoms with Crippen LogP contribution in [0.3, 0.4) is 0 Å². The first-order chi connectivity index (χ1) is 22.1. The number of nitrogens with two attached hydrogens (primary N) is 1. The lowest BCUT2D eigenvalue weighted by molar-refractivity contribution is 0.233. The lowest BCUT2D eigenvalue weighted by Crippen LogP contribution is -2.30. The predicted molar refractivity (Wildman–Crippen MR) is 191 cm³/mol. The molecule has 5 N–H and O–H groups in total. The number of ether oxygens (including phenoxy) is 1. The van der Waals surface area contributed by atoms with Gasteiger partial charge in [-0.15, -0.1) is 0 Å². The van der Waals surface area contributed by atoms with E-state index < -0.39 is 6.03 Å². The molecule has 2 aromatic carbocycles. The van der Waals surface area contributed by atoms with Crippen molar-refractivity contribution in [1.29, 1.82) is 0 Å². The Morgan fingerprint density at radius 2 is 1.61 bits per heavy atom. The Hall–Kier alpha value is -4.37. The van der Waals surface area contributed by atoms with E-state index in [1.807, 2.05) is 48.5 Å². The number of hydrogen-bond donors (Lipinski definition) is 4. The second-order valence-electron chi connectivity index (χ2n) is 12.1. The Morgan fingerprint density at radius 3 is 2.22 bits per heavy atom. The van der Waals surface area contributed by atoms with E-state index in [-0.39, 0.29) is 29.7 Å². The van der Waals surface area contributed by atoms with Crippen LogP contribution in [0.25, 0.3) is 22.2 Å². The molecule has 0 radical (unpaired) electrons. The van der Waals surface area contributed by atoms with Crippen LogP contribution in [0, 0.1) is 0 Å². The van der Waals surface area contributed by atoms with Crippen LogP contribution in [-0.4, -0.2) is 33.9 Å². The number of urea groups is 1. The molecule has 0 unspecified atom stereocenters. The molecule has 4 rings (SSSR count). The first kappa shape index (κ1) is 36.1. The van der Waals surface area contributed by atoms with Crippen LogP contribution in [0.5, 0.6) is 5.75 Å². The molecule has 2 amide bonds. The number of nitrogen functional groups attached to an aromatic ring is 1. The Kier molecular flexibility index (Phi) is 13.6. The van der Waals surface area contributed by atoms with Crippen molar-refractivity contribution in [2.75, 3.05) is 29.6 Å². The van der Waals surface area contributed by atoms with Crippen LogP contribution in [-0.2, 0) is 6.54 Å². The van der Waals surface area contributed by atoms with E-state index in [4.69, 9.17) is 10.5 Å². The number of aliphatic hydroxyl groups excluding tert-OH is 1. The van der Waals surface area contributed by atoms with Crippen molar-refractivity contribution in [3.63, 3.8) is 0 Å². The summed E-state index contributed by atoms with van der Waals surface area (Å²) in [4.78, 5) is 32.5. The second-order valence-corrected chi connectivity index (χ2v) is 12.1. The highest BCUT2D eigenvalue weighted by molar-refractivity contribution is 6.08. The van der Waals surface area contributed by atoms with Crippen molar-refractivity contribution < 1.29 is 14.6 Å². The van der Waals surface area contributed by atoms with Crippen molar-refractivity contribution in [1.82, 2.24) is 9.55 Å². The van der Waals surface area contributed by atoms with E-state index in [0.29, 0.717) is 53.5 Å². The molecule has 0 saturated carbocycles. The third kappa shape index (κ3) is 8.88. The van der Waals surface area contributed by atoms with Gasteiger partial charge in [-0.3, -0.25) is 9.36 Å². The molecular formula is C37H51N5O4. The molecule has 0 aliphatic carbocycles. The number of benzene rings is 2. The number of nitrogens with zero attached hydrogens (tertiary/aromatic N) is 2. The first-order valence-electron chi connectivity index (χ1n) is 16.4. The number of fused-ring (bicyclic) bond motifs is 1. The molecular weight excluding hydrogens is 578 g/mol. The molecule has 248 valence electrons. The summed E-state index contributed by atoms with van der Waals surface area (Å²) in [5.41, 5.74) is 11.1. The van der Waals surface area contributed by atoms with Crippen LogP contribution in [0.2, 0.25) is 0 Å². The number of hydrogen-bond acceptors (Lipinski definition) is 6. The van der Waals surface area contributed by atoms with Gasteiger partial charge < -0.3 is 26.2 Å². The molecule has 0 aliphatic heterocycles. The van der Waals surface area contributed by atoms with Gasteiger partial charge in [-0.2, -0.15) is 0 Å². The smallest absolute Gasteiger partial charge is 0.323 e. The number of pyridine rings is 2. The van der Waals surface area contributed by atoms with E-state index in [9.17, 15) is 14.7 Å². The molecule has 2 heterocycles. The number of anilines is 3.